The Morgan fingerprint density at radius 2 is 2.30 bits per heavy atom. The zero-order valence-electron chi connectivity index (χ0n) is 13.7. The number of ether oxygens (including phenoxy) is 1. The first-order valence-electron chi connectivity index (χ1n) is 8.24. The Hall–Kier alpha value is -2.19. The third-order valence-corrected chi connectivity index (χ3v) is 3.93. The molecule has 1 aliphatic heterocycles. The van der Waals surface area contributed by atoms with Gasteiger partial charge in [0.05, 0.1) is 24.5 Å². The van der Waals surface area contributed by atoms with Crippen LogP contribution in [0.4, 0.5) is 0 Å². The van der Waals surface area contributed by atoms with Gasteiger partial charge in [-0.3, -0.25) is 4.98 Å². The molecular weight excluding hydrogens is 288 g/mol. The van der Waals surface area contributed by atoms with Crippen LogP contribution in [0.5, 0.6) is 0 Å². The summed E-state index contributed by atoms with van der Waals surface area (Å²) >= 11 is 0. The van der Waals surface area contributed by atoms with Gasteiger partial charge in [0.1, 0.15) is 5.69 Å². The lowest BCUT2D eigenvalue weighted by molar-refractivity contribution is 0.00370. The third-order valence-electron chi connectivity index (χ3n) is 3.93. The van der Waals surface area contributed by atoms with Gasteiger partial charge in [-0.05, 0) is 37.8 Å². The van der Waals surface area contributed by atoms with Crippen LogP contribution in [0.3, 0.4) is 0 Å². The lowest BCUT2D eigenvalue weighted by Gasteiger charge is -2.21. The maximum absolute atomic E-state index is 5.75. The minimum absolute atomic E-state index is 0.249. The van der Waals surface area contributed by atoms with E-state index >= 15 is 0 Å². The fourth-order valence-electron chi connectivity index (χ4n) is 2.76. The van der Waals surface area contributed by atoms with Gasteiger partial charge in [0.25, 0.3) is 0 Å². The lowest BCUT2D eigenvalue weighted by atomic mass is 10.1. The monoisotopic (exact) mass is 310 g/mol. The molecule has 0 N–H and O–H groups in total. The average molecular weight is 310 g/mol. The summed E-state index contributed by atoms with van der Waals surface area (Å²) in [5, 5.41) is 8.48. The number of rotatable bonds is 3. The van der Waals surface area contributed by atoms with E-state index in [1.807, 2.05) is 30.8 Å². The molecule has 1 saturated heterocycles. The first-order chi connectivity index (χ1) is 11.3. The van der Waals surface area contributed by atoms with Gasteiger partial charge in [0.15, 0.2) is 0 Å². The second-order valence-electron chi connectivity index (χ2n) is 5.86. The van der Waals surface area contributed by atoms with Crippen molar-refractivity contribution in [3.63, 3.8) is 0 Å². The molecule has 0 bridgehead atoms. The highest BCUT2D eigenvalue weighted by atomic mass is 16.5. The van der Waals surface area contributed by atoms with Crippen molar-refractivity contribution in [2.24, 2.45) is 0 Å². The van der Waals surface area contributed by atoms with E-state index in [2.05, 4.69) is 27.1 Å². The van der Waals surface area contributed by atoms with Crippen molar-refractivity contribution in [3.05, 3.63) is 29.6 Å². The molecular formula is C18H22N4O. The number of aryl methyl sites for hydroxylation is 1. The molecule has 1 aliphatic rings. The molecule has 1 fully saturated rings. The zero-order valence-corrected chi connectivity index (χ0v) is 13.7. The van der Waals surface area contributed by atoms with Gasteiger partial charge in [0.2, 0.25) is 0 Å². The van der Waals surface area contributed by atoms with Crippen LogP contribution in [0.25, 0.3) is 11.4 Å². The Morgan fingerprint density at radius 3 is 3.04 bits per heavy atom. The minimum Gasteiger partial charge on any atom is -0.376 e. The van der Waals surface area contributed by atoms with E-state index in [4.69, 9.17) is 4.74 Å². The van der Waals surface area contributed by atoms with E-state index in [-0.39, 0.29) is 6.10 Å². The van der Waals surface area contributed by atoms with Crippen LogP contribution in [0, 0.1) is 18.8 Å². The molecule has 1 atom stereocenters. The highest BCUT2D eigenvalue weighted by Crippen LogP contribution is 2.20. The summed E-state index contributed by atoms with van der Waals surface area (Å²) in [4.78, 5) is 4.51. The lowest BCUT2D eigenvalue weighted by Crippen LogP contribution is -2.24. The zero-order chi connectivity index (χ0) is 16.1. The molecule has 0 saturated carbocycles. The molecule has 5 heteroatoms. The van der Waals surface area contributed by atoms with Crippen molar-refractivity contribution < 1.29 is 4.74 Å². The van der Waals surface area contributed by atoms with Crippen LogP contribution in [0.2, 0.25) is 0 Å². The van der Waals surface area contributed by atoms with Crippen LogP contribution in [-0.2, 0) is 11.3 Å². The molecule has 2 aromatic rings. The topological polar surface area (TPSA) is 52.8 Å². The Bertz CT molecular complexity index is 720. The summed E-state index contributed by atoms with van der Waals surface area (Å²) in [5.41, 5.74) is 3.67. The number of aromatic nitrogens is 4. The summed E-state index contributed by atoms with van der Waals surface area (Å²) < 4.78 is 7.61. The second-order valence-corrected chi connectivity index (χ2v) is 5.86. The standard InChI is InChI=1S/C18H22N4O/c1-3-4-7-15-10-14(2)18(19-11-15)17-13-22(21-20-17)12-16-8-5-6-9-23-16/h10-11,13,16H,3,5-6,8-9,12H2,1-2H3. The number of hydrogen-bond donors (Lipinski definition) is 0. The third kappa shape index (κ3) is 3.96. The molecule has 23 heavy (non-hydrogen) atoms. The fourth-order valence-corrected chi connectivity index (χ4v) is 2.76. The van der Waals surface area contributed by atoms with Gasteiger partial charge in [-0.15, -0.1) is 5.10 Å². The fraction of sp³-hybridized carbons (Fsp3) is 0.500. The van der Waals surface area contributed by atoms with Crippen LogP contribution >= 0.6 is 0 Å². The molecule has 3 rings (SSSR count). The van der Waals surface area contributed by atoms with E-state index in [0.717, 1.165) is 54.9 Å². The molecule has 5 nitrogen and oxygen atoms in total. The van der Waals surface area contributed by atoms with Crippen molar-refractivity contribution in [2.45, 2.75) is 52.2 Å². The summed E-state index contributed by atoms with van der Waals surface area (Å²) in [6.07, 6.45) is 8.33. The molecule has 3 heterocycles. The van der Waals surface area contributed by atoms with Crippen molar-refractivity contribution in [2.75, 3.05) is 6.61 Å². The Labute approximate surface area is 137 Å². The Balaban J connectivity index is 1.74. The Morgan fingerprint density at radius 1 is 1.39 bits per heavy atom. The van der Waals surface area contributed by atoms with Crippen molar-refractivity contribution >= 4 is 0 Å². The molecule has 0 spiro atoms. The quantitative estimate of drug-likeness (QED) is 0.818. The van der Waals surface area contributed by atoms with E-state index in [9.17, 15) is 0 Å². The van der Waals surface area contributed by atoms with Crippen LogP contribution < -0.4 is 0 Å². The summed E-state index contributed by atoms with van der Waals surface area (Å²) in [5.74, 6) is 6.17. The van der Waals surface area contributed by atoms with Gasteiger partial charge in [0, 0.05) is 24.8 Å². The summed E-state index contributed by atoms with van der Waals surface area (Å²) in [6.45, 7) is 5.68. The highest BCUT2D eigenvalue weighted by Gasteiger charge is 2.16. The average Bonchev–Trinajstić information content (AvgIpc) is 3.02. The molecule has 0 radical (unpaired) electrons. The predicted octanol–water partition coefficient (Wildman–Crippen LogP) is 2.98. The van der Waals surface area contributed by atoms with Crippen molar-refractivity contribution in [1.29, 1.82) is 0 Å². The van der Waals surface area contributed by atoms with E-state index < -0.39 is 0 Å². The molecule has 0 amide bonds. The van der Waals surface area contributed by atoms with Gasteiger partial charge >= 0.3 is 0 Å². The first kappa shape index (κ1) is 15.7. The highest BCUT2D eigenvalue weighted by molar-refractivity contribution is 5.58. The SMILES string of the molecule is CCC#Cc1cnc(-c2cn(CC3CCCCO3)nn2)c(C)c1. The number of hydrogen-bond acceptors (Lipinski definition) is 4. The van der Waals surface area contributed by atoms with Crippen LogP contribution in [-0.4, -0.2) is 32.7 Å². The van der Waals surface area contributed by atoms with Gasteiger partial charge in [-0.1, -0.05) is 24.0 Å². The smallest absolute Gasteiger partial charge is 0.131 e. The molecule has 1 unspecified atom stereocenters. The van der Waals surface area contributed by atoms with E-state index in [1.165, 1.54) is 6.42 Å². The van der Waals surface area contributed by atoms with Gasteiger partial charge in [-0.25, -0.2) is 4.68 Å². The maximum atomic E-state index is 5.75. The van der Waals surface area contributed by atoms with Gasteiger partial charge < -0.3 is 4.74 Å². The summed E-state index contributed by atoms with van der Waals surface area (Å²) in [6, 6.07) is 2.05. The van der Waals surface area contributed by atoms with Crippen LogP contribution in [0.15, 0.2) is 18.5 Å². The largest absolute Gasteiger partial charge is 0.376 e. The molecule has 0 aliphatic carbocycles. The van der Waals surface area contributed by atoms with Crippen molar-refractivity contribution in [3.8, 4) is 23.2 Å². The number of pyridine rings is 1. The molecule has 0 aromatic carbocycles. The number of nitrogens with zero attached hydrogens (tertiary/aromatic N) is 4. The normalized spacial score (nSPS) is 17.6. The van der Waals surface area contributed by atoms with Crippen molar-refractivity contribution in [1.82, 2.24) is 20.0 Å². The maximum Gasteiger partial charge on any atom is 0.131 e. The Kier molecular flexibility index (Phi) is 5.04. The summed E-state index contributed by atoms with van der Waals surface area (Å²) in [7, 11) is 0. The van der Waals surface area contributed by atoms with Crippen LogP contribution in [0.1, 0.15) is 43.7 Å². The second kappa shape index (κ2) is 7.38. The predicted molar refractivity (Wildman–Crippen MR) is 88.8 cm³/mol. The van der Waals surface area contributed by atoms with E-state index in [1.54, 1.807) is 6.20 Å². The molecule has 2 aromatic heterocycles. The van der Waals surface area contributed by atoms with E-state index in [0.29, 0.717) is 0 Å². The van der Waals surface area contributed by atoms with Gasteiger partial charge in [-0.2, -0.15) is 0 Å². The minimum atomic E-state index is 0.249. The molecule has 120 valence electrons. The first-order valence-corrected chi connectivity index (χ1v) is 8.24.